The van der Waals surface area contributed by atoms with Gasteiger partial charge in [0.25, 0.3) is 11.6 Å². The van der Waals surface area contributed by atoms with Gasteiger partial charge in [0.1, 0.15) is 0 Å². The molecule has 2 rings (SSSR count). The van der Waals surface area contributed by atoms with Crippen LogP contribution in [0.4, 0.5) is 5.69 Å². The van der Waals surface area contributed by atoms with Gasteiger partial charge in [0.2, 0.25) is 0 Å². The molecule has 107 valence electrons. The Morgan fingerprint density at radius 2 is 2.10 bits per heavy atom. The summed E-state index contributed by atoms with van der Waals surface area (Å²) < 4.78 is 0. The first kappa shape index (κ1) is 14.5. The number of nitro groups is 1. The van der Waals surface area contributed by atoms with Crippen molar-refractivity contribution in [3.05, 3.63) is 46.4 Å². The van der Waals surface area contributed by atoms with Crippen LogP contribution in [0.2, 0.25) is 0 Å². The number of carbonyl (C=O) groups is 1. The van der Waals surface area contributed by atoms with Crippen LogP contribution in [0.3, 0.4) is 0 Å². The Balaban J connectivity index is 1.72. The van der Waals surface area contributed by atoms with Crippen molar-refractivity contribution in [2.45, 2.75) is 12.8 Å². The quantitative estimate of drug-likeness (QED) is 0.487. The Labute approximate surface area is 117 Å². The molecule has 1 aromatic rings. The predicted molar refractivity (Wildman–Crippen MR) is 75.4 cm³/mol. The Morgan fingerprint density at radius 1 is 1.35 bits per heavy atom. The van der Waals surface area contributed by atoms with Crippen molar-refractivity contribution < 1.29 is 9.72 Å². The maximum atomic E-state index is 11.8. The molecule has 0 bridgehead atoms. The van der Waals surface area contributed by atoms with Crippen molar-refractivity contribution >= 4 is 11.6 Å². The van der Waals surface area contributed by atoms with Crippen molar-refractivity contribution in [2.24, 2.45) is 0 Å². The first-order valence-corrected chi connectivity index (χ1v) is 6.73. The van der Waals surface area contributed by atoms with Crippen LogP contribution in [0.5, 0.6) is 0 Å². The lowest BCUT2D eigenvalue weighted by atomic mass is 10.2. The van der Waals surface area contributed by atoms with E-state index in [-0.39, 0.29) is 11.6 Å². The highest BCUT2D eigenvalue weighted by atomic mass is 16.6. The summed E-state index contributed by atoms with van der Waals surface area (Å²) in [5, 5.41) is 13.3. The van der Waals surface area contributed by atoms with Gasteiger partial charge in [-0.25, -0.2) is 0 Å². The zero-order valence-corrected chi connectivity index (χ0v) is 11.2. The lowest BCUT2D eigenvalue weighted by Crippen LogP contribution is -2.28. The second kappa shape index (κ2) is 7.00. The van der Waals surface area contributed by atoms with Crippen LogP contribution >= 0.6 is 0 Å². The highest BCUT2D eigenvalue weighted by Gasteiger charge is 2.11. The smallest absolute Gasteiger partial charge is 0.269 e. The molecule has 20 heavy (non-hydrogen) atoms. The number of rotatable bonds is 6. The molecule has 0 atom stereocenters. The molecule has 0 spiro atoms. The van der Waals surface area contributed by atoms with Gasteiger partial charge in [0, 0.05) is 30.8 Å². The topological polar surface area (TPSA) is 75.5 Å². The average Bonchev–Trinajstić information content (AvgIpc) is 2.96. The molecule has 1 N–H and O–H groups in total. The van der Waals surface area contributed by atoms with Crippen molar-refractivity contribution in [1.82, 2.24) is 10.2 Å². The molecular weight excluding hydrogens is 258 g/mol. The minimum absolute atomic E-state index is 0.00756. The number of carbonyl (C=O) groups excluding carboxylic acids is 1. The Hall–Kier alpha value is -1.95. The summed E-state index contributed by atoms with van der Waals surface area (Å²) in [4.78, 5) is 24.2. The number of nitrogens with one attached hydrogen (secondary N) is 1. The number of non-ortho nitro benzene ring substituents is 1. The lowest BCUT2D eigenvalue weighted by Gasteiger charge is -2.14. The number of amides is 1. The predicted octanol–water partition coefficient (Wildman–Crippen LogP) is 1.62. The van der Waals surface area contributed by atoms with Crippen molar-refractivity contribution in [3.8, 4) is 0 Å². The van der Waals surface area contributed by atoms with Gasteiger partial charge >= 0.3 is 0 Å². The summed E-state index contributed by atoms with van der Waals surface area (Å²) in [5.74, 6) is -0.187. The molecule has 1 aromatic carbocycles. The molecule has 0 aromatic heterocycles. The van der Waals surface area contributed by atoms with Crippen LogP contribution in [0.1, 0.15) is 23.2 Å². The summed E-state index contributed by atoms with van der Waals surface area (Å²) in [6.07, 6.45) is 4.32. The minimum atomic E-state index is -0.477. The first-order valence-electron chi connectivity index (χ1n) is 6.73. The van der Waals surface area contributed by atoms with Gasteiger partial charge in [0.15, 0.2) is 0 Å². The fourth-order valence-electron chi connectivity index (χ4n) is 2.18. The number of hydrogen-bond acceptors (Lipinski definition) is 4. The Kier molecular flexibility index (Phi) is 5.06. The summed E-state index contributed by atoms with van der Waals surface area (Å²) in [5.41, 5.74) is 0.442. The average molecular weight is 276 g/mol. The maximum absolute atomic E-state index is 11.8. The first-order chi connectivity index (χ1) is 9.66. The second-order valence-corrected chi connectivity index (χ2v) is 4.79. The molecule has 0 saturated carbocycles. The van der Waals surface area contributed by atoms with E-state index < -0.39 is 4.92 Å². The molecule has 1 fully saturated rings. The number of nitrogens with zero attached hydrogens (tertiary/aromatic N) is 2. The van der Waals surface area contributed by atoms with Crippen molar-refractivity contribution in [1.29, 1.82) is 0 Å². The van der Waals surface area contributed by atoms with Crippen LogP contribution in [-0.4, -0.2) is 41.9 Å². The van der Waals surface area contributed by atoms with E-state index in [1.54, 1.807) is 0 Å². The van der Waals surface area contributed by atoms with Gasteiger partial charge in [0.05, 0.1) is 4.92 Å². The van der Waals surface area contributed by atoms with Gasteiger partial charge in [-0.05, 0) is 44.5 Å². The van der Waals surface area contributed by atoms with Gasteiger partial charge < -0.3 is 10.2 Å². The van der Waals surface area contributed by atoms with Gasteiger partial charge in [-0.1, -0.05) is 0 Å². The molecular formula is C14H18N3O3. The molecule has 0 aliphatic carbocycles. The van der Waals surface area contributed by atoms with Crippen LogP contribution in [0.25, 0.3) is 0 Å². The fraction of sp³-hybridized carbons (Fsp3) is 0.429. The highest BCUT2D eigenvalue weighted by molar-refractivity contribution is 5.94. The van der Waals surface area contributed by atoms with Crippen LogP contribution in [-0.2, 0) is 0 Å². The lowest BCUT2D eigenvalue weighted by molar-refractivity contribution is -0.384. The number of nitro benzene ring substituents is 1. The molecule has 0 unspecified atom stereocenters. The molecule has 1 heterocycles. The third-order valence-electron chi connectivity index (χ3n) is 3.31. The second-order valence-electron chi connectivity index (χ2n) is 4.79. The number of benzene rings is 1. The molecule has 6 heteroatoms. The maximum Gasteiger partial charge on any atom is 0.269 e. The van der Waals surface area contributed by atoms with Crippen LogP contribution in [0.15, 0.2) is 24.3 Å². The van der Waals surface area contributed by atoms with E-state index in [1.807, 2.05) is 0 Å². The van der Waals surface area contributed by atoms with Gasteiger partial charge in [-0.15, -0.1) is 0 Å². The standard InChI is InChI=1S/C14H18N3O3/c18-14(12-4-6-13(7-5-12)17(19)20)15-8-3-11-16-9-1-2-10-16/h1,4-7H,2-3,8-11H2,(H,15,18). The fourth-order valence-corrected chi connectivity index (χ4v) is 2.18. The molecule has 1 saturated heterocycles. The molecule has 1 radical (unpaired) electrons. The molecule has 1 aliphatic rings. The van der Waals surface area contributed by atoms with Gasteiger partial charge in [-0.3, -0.25) is 14.9 Å². The number of hydrogen-bond donors (Lipinski definition) is 1. The van der Waals surface area contributed by atoms with Crippen LogP contribution in [0, 0.1) is 16.5 Å². The van der Waals surface area contributed by atoms with Gasteiger partial charge in [-0.2, -0.15) is 0 Å². The van der Waals surface area contributed by atoms with E-state index >= 15 is 0 Å². The normalized spacial score (nSPS) is 15.2. The summed E-state index contributed by atoms with van der Waals surface area (Å²) in [6.45, 7) is 3.75. The Bertz CT molecular complexity index is 467. The van der Waals surface area contributed by atoms with E-state index in [0.717, 1.165) is 32.5 Å². The minimum Gasteiger partial charge on any atom is -0.352 e. The largest absolute Gasteiger partial charge is 0.352 e. The third kappa shape index (κ3) is 4.03. The van der Waals surface area contributed by atoms with E-state index in [1.165, 1.54) is 24.3 Å². The van der Waals surface area contributed by atoms with Crippen molar-refractivity contribution in [3.63, 3.8) is 0 Å². The Morgan fingerprint density at radius 3 is 2.70 bits per heavy atom. The van der Waals surface area contributed by atoms with E-state index in [2.05, 4.69) is 16.6 Å². The van der Waals surface area contributed by atoms with Crippen molar-refractivity contribution in [2.75, 3.05) is 26.2 Å². The zero-order chi connectivity index (χ0) is 14.4. The number of likely N-dealkylation sites (tertiary alicyclic amines) is 1. The third-order valence-corrected chi connectivity index (χ3v) is 3.31. The molecule has 1 amide bonds. The molecule has 1 aliphatic heterocycles. The highest BCUT2D eigenvalue weighted by Crippen LogP contribution is 2.11. The molecule has 6 nitrogen and oxygen atoms in total. The zero-order valence-electron chi connectivity index (χ0n) is 11.2. The van der Waals surface area contributed by atoms with E-state index in [0.29, 0.717) is 12.1 Å². The van der Waals surface area contributed by atoms with E-state index in [4.69, 9.17) is 0 Å². The van der Waals surface area contributed by atoms with Crippen LogP contribution < -0.4 is 5.32 Å². The summed E-state index contributed by atoms with van der Waals surface area (Å²) in [6, 6.07) is 5.63. The monoisotopic (exact) mass is 276 g/mol. The summed E-state index contributed by atoms with van der Waals surface area (Å²) in [7, 11) is 0. The SMILES string of the molecule is O=C(NCCCN1C[CH]CC1)c1ccc([N+](=O)[O-])cc1. The summed E-state index contributed by atoms with van der Waals surface area (Å²) >= 11 is 0. The van der Waals surface area contributed by atoms with E-state index in [9.17, 15) is 14.9 Å².